The van der Waals surface area contributed by atoms with Crippen molar-refractivity contribution in [3.8, 4) is 5.88 Å². The average Bonchev–Trinajstić information content (AvgIpc) is 2.27. The van der Waals surface area contributed by atoms with Gasteiger partial charge in [0.2, 0.25) is 5.88 Å². The lowest BCUT2D eigenvalue weighted by molar-refractivity contribution is -0.138. The molecule has 0 spiro atoms. The van der Waals surface area contributed by atoms with E-state index in [4.69, 9.17) is 15.9 Å². The number of carboxylic acids is 2. The smallest absolute Gasteiger partial charge is 0.335 e. The van der Waals surface area contributed by atoms with Crippen LogP contribution in [0.3, 0.4) is 0 Å². The molecule has 10 heteroatoms. The number of hydrogen-bond acceptors (Lipinski definition) is 6. The second-order valence-electron chi connectivity index (χ2n) is 3.28. The van der Waals surface area contributed by atoms with Gasteiger partial charge in [-0.2, -0.15) is 0 Å². The second-order valence-corrected chi connectivity index (χ2v) is 3.28. The SMILES string of the molecule is Nc1c(O)n(CC(=O)O)c(=O)n(CC(=O)O)c1=O. The summed E-state index contributed by atoms with van der Waals surface area (Å²) in [4.78, 5) is 44.0. The van der Waals surface area contributed by atoms with E-state index < -0.39 is 47.8 Å². The first-order valence-electron chi connectivity index (χ1n) is 4.51. The summed E-state index contributed by atoms with van der Waals surface area (Å²) in [5, 5.41) is 26.4. The summed E-state index contributed by atoms with van der Waals surface area (Å²) in [7, 11) is 0. The minimum atomic E-state index is -1.49. The van der Waals surface area contributed by atoms with Gasteiger partial charge in [-0.15, -0.1) is 0 Å². The Morgan fingerprint density at radius 2 is 1.50 bits per heavy atom. The van der Waals surface area contributed by atoms with Crippen LogP contribution in [0.15, 0.2) is 9.59 Å². The molecule has 1 aromatic heterocycles. The molecule has 10 nitrogen and oxygen atoms in total. The van der Waals surface area contributed by atoms with Gasteiger partial charge in [0.1, 0.15) is 13.1 Å². The van der Waals surface area contributed by atoms with Gasteiger partial charge in [-0.25, -0.2) is 9.36 Å². The molecule has 0 saturated heterocycles. The maximum Gasteiger partial charge on any atom is 0.335 e. The van der Waals surface area contributed by atoms with Crippen LogP contribution in [0.4, 0.5) is 5.69 Å². The third-order valence-corrected chi connectivity index (χ3v) is 2.02. The molecule has 5 N–H and O–H groups in total. The van der Waals surface area contributed by atoms with Crippen LogP contribution in [0, 0.1) is 0 Å². The molecule has 0 saturated carbocycles. The maximum atomic E-state index is 11.6. The van der Waals surface area contributed by atoms with Crippen molar-refractivity contribution >= 4 is 17.6 Å². The molecule has 0 aliphatic rings. The minimum Gasteiger partial charge on any atom is -0.493 e. The minimum absolute atomic E-state index is 0.223. The fourth-order valence-electron chi connectivity index (χ4n) is 1.26. The van der Waals surface area contributed by atoms with Gasteiger partial charge >= 0.3 is 17.6 Å². The standard InChI is InChI=1S/C8H9N3O7/c9-5-6(16)10(1-3(12)13)8(18)11(7(5)17)2-4(14)15/h16H,1-2,9H2,(H,12,13)(H,14,15). The first-order valence-corrected chi connectivity index (χ1v) is 4.51. The number of carbonyl (C=O) groups is 2. The van der Waals surface area contributed by atoms with Crippen LogP contribution in [-0.4, -0.2) is 36.4 Å². The number of rotatable bonds is 4. The van der Waals surface area contributed by atoms with Gasteiger partial charge in [-0.3, -0.25) is 19.0 Å². The molecular weight excluding hydrogens is 250 g/mol. The summed E-state index contributed by atoms with van der Waals surface area (Å²) in [6.07, 6.45) is 0. The highest BCUT2D eigenvalue weighted by molar-refractivity contribution is 5.68. The van der Waals surface area contributed by atoms with Crippen molar-refractivity contribution in [2.24, 2.45) is 0 Å². The van der Waals surface area contributed by atoms with Gasteiger partial charge in [-0.1, -0.05) is 0 Å². The molecule has 0 atom stereocenters. The number of nitrogen functional groups attached to an aromatic ring is 1. The lowest BCUT2D eigenvalue weighted by Gasteiger charge is -2.10. The predicted molar refractivity (Wildman–Crippen MR) is 56.3 cm³/mol. The zero-order chi connectivity index (χ0) is 14.0. The number of hydrogen-bond donors (Lipinski definition) is 4. The highest BCUT2D eigenvalue weighted by Gasteiger charge is 2.19. The highest BCUT2D eigenvalue weighted by Crippen LogP contribution is 2.11. The van der Waals surface area contributed by atoms with E-state index in [0.29, 0.717) is 4.57 Å². The molecule has 0 aromatic carbocycles. The van der Waals surface area contributed by atoms with Gasteiger partial charge in [0.25, 0.3) is 5.56 Å². The van der Waals surface area contributed by atoms with Crippen molar-refractivity contribution in [2.75, 3.05) is 5.73 Å². The summed E-state index contributed by atoms with van der Waals surface area (Å²) >= 11 is 0. The third kappa shape index (κ3) is 2.31. The van der Waals surface area contributed by atoms with Gasteiger partial charge in [0.05, 0.1) is 0 Å². The molecular formula is C8H9N3O7. The van der Waals surface area contributed by atoms with Crippen molar-refractivity contribution in [3.63, 3.8) is 0 Å². The van der Waals surface area contributed by atoms with Crippen LogP contribution < -0.4 is 17.0 Å². The molecule has 98 valence electrons. The number of anilines is 1. The lowest BCUT2D eigenvalue weighted by atomic mass is 10.4. The Morgan fingerprint density at radius 3 is 1.94 bits per heavy atom. The van der Waals surface area contributed by atoms with E-state index in [1.54, 1.807) is 0 Å². The summed E-state index contributed by atoms with van der Waals surface area (Å²) in [5.41, 5.74) is 1.92. The largest absolute Gasteiger partial charge is 0.493 e. The van der Waals surface area contributed by atoms with Crippen LogP contribution in [0.2, 0.25) is 0 Å². The van der Waals surface area contributed by atoms with E-state index in [1.165, 1.54) is 0 Å². The van der Waals surface area contributed by atoms with Crippen LogP contribution >= 0.6 is 0 Å². The highest BCUT2D eigenvalue weighted by atomic mass is 16.4. The van der Waals surface area contributed by atoms with E-state index >= 15 is 0 Å². The van der Waals surface area contributed by atoms with Crippen molar-refractivity contribution < 1.29 is 24.9 Å². The Hall–Kier alpha value is -2.78. The molecule has 0 radical (unpaired) electrons. The van der Waals surface area contributed by atoms with Crippen LogP contribution in [0.5, 0.6) is 5.88 Å². The van der Waals surface area contributed by atoms with E-state index in [1.807, 2.05) is 0 Å². The van der Waals surface area contributed by atoms with Crippen molar-refractivity contribution in [1.82, 2.24) is 9.13 Å². The lowest BCUT2D eigenvalue weighted by Crippen LogP contribution is -2.43. The fraction of sp³-hybridized carbons (Fsp3) is 0.250. The molecule has 1 rings (SSSR count). The number of aromatic hydroxyl groups is 1. The summed E-state index contributed by atoms with van der Waals surface area (Å²) in [5.74, 6) is -3.96. The van der Waals surface area contributed by atoms with Crippen LogP contribution in [-0.2, 0) is 22.7 Å². The molecule has 0 aliphatic carbocycles. The zero-order valence-corrected chi connectivity index (χ0v) is 8.86. The number of nitrogens with two attached hydrogens (primary N) is 1. The average molecular weight is 259 g/mol. The Labute approximate surface area is 98.1 Å². The Balaban J connectivity index is 3.59. The van der Waals surface area contributed by atoms with Gasteiger partial charge < -0.3 is 21.1 Å². The molecule has 18 heavy (non-hydrogen) atoms. The zero-order valence-electron chi connectivity index (χ0n) is 8.86. The monoisotopic (exact) mass is 259 g/mol. The van der Waals surface area contributed by atoms with Crippen molar-refractivity contribution in [2.45, 2.75) is 13.1 Å². The molecule has 0 fully saturated rings. The fourth-order valence-corrected chi connectivity index (χ4v) is 1.26. The van der Waals surface area contributed by atoms with Gasteiger partial charge in [-0.05, 0) is 0 Å². The molecule has 1 heterocycles. The first kappa shape index (κ1) is 13.3. The topological polar surface area (TPSA) is 165 Å². The van der Waals surface area contributed by atoms with E-state index in [0.717, 1.165) is 0 Å². The van der Waals surface area contributed by atoms with Crippen LogP contribution in [0.1, 0.15) is 0 Å². The quantitative estimate of drug-likeness (QED) is 0.459. The maximum absolute atomic E-state index is 11.6. The molecule has 0 amide bonds. The number of aliphatic carboxylic acids is 2. The van der Waals surface area contributed by atoms with Crippen molar-refractivity contribution in [3.05, 3.63) is 20.8 Å². The summed E-state index contributed by atoms with van der Waals surface area (Å²) in [6.45, 7) is -1.93. The Bertz CT molecular complexity index is 627. The Kier molecular flexibility index (Phi) is 3.40. The number of carboxylic acid groups (broad SMARTS) is 2. The van der Waals surface area contributed by atoms with Gasteiger partial charge in [0, 0.05) is 0 Å². The van der Waals surface area contributed by atoms with E-state index in [-0.39, 0.29) is 4.57 Å². The normalized spacial score (nSPS) is 10.2. The first-order chi connectivity index (χ1) is 8.25. The summed E-state index contributed by atoms with van der Waals surface area (Å²) in [6, 6.07) is 0. The molecule has 0 aliphatic heterocycles. The van der Waals surface area contributed by atoms with Crippen molar-refractivity contribution in [1.29, 1.82) is 0 Å². The van der Waals surface area contributed by atoms with E-state index in [2.05, 4.69) is 0 Å². The predicted octanol–water partition coefficient (Wildman–Crippen LogP) is -2.53. The summed E-state index contributed by atoms with van der Waals surface area (Å²) < 4.78 is 0.516. The second kappa shape index (κ2) is 4.61. The van der Waals surface area contributed by atoms with Crippen LogP contribution in [0.25, 0.3) is 0 Å². The number of aromatic nitrogens is 2. The number of nitrogens with zero attached hydrogens (tertiary/aromatic N) is 2. The molecule has 0 unspecified atom stereocenters. The van der Waals surface area contributed by atoms with Gasteiger partial charge in [0.15, 0.2) is 5.69 Å². The van der Waals surface area contributed by atoms with E-state index in [9.17, 15) is 24.3 Å². The third-order valence-electron chi connectivity index (χ3n) is 2.02. The molecule has 1 aromatic rings. The molecule has 0 bridgehead atoms. The Morgan fingerprint density at radius 1 is 1.06 bits per heavy atom.